The molecule has 1 aliphatic carbocycles. The average molecular weight is 392 g/mol. The highest BCUT2D eigenvalue weighted by atomic mass is 19.1. The molecule has 0 saturated heterocycles. The zero-order chi connectivity index (χ0) is 20.4. The number of carbonyl (C=O) groups excluding carboxylic acids is 1. The van der Waals surface area contributed by atoms with Gasteiger partial charge in [0.15, 0.2) is 5.78 Å². The monoisotopic (exact) mass is 392 g/mol. The molecule has 1 N–H and O–H groups in total. The van der Waals surface area contributed by atoms with E-state index in [1.54, 1.807) is 12.1 Å². The minimum Gasteiger partial charge on any atom is -0.497 e. The van der Waals surface area contributed by atoms with Crippen molar-refractivity contribution < 1.29 is 13.9 Å². The van der Waals surface area contributed by atoms with Gasteiger partial charge in [0.25, 0.3) is 5.56 Å². The molecule has 0 amide bonds. The summed E-state index contributed by atoms with van der Waals surface area (Å²) in [6.07, 6.45) is 2.23. The number of pyridine rings is 1. The van der Waals surface area contributed by atoms with Crippen LogP contribution in [0, 0.1) is 11.7 Å². The van der Waals surface area contributed by atoms with Crippen molar-refractivity contribution >= 4 is 11.6 Å². The second kappa shape index (κ2) is 7.91. The van der Waals surface area contributed by atoms with Crippen molar-refractivity contribution in [3.63, 3.8) is 0 Å². The molecule has 0 radical (unpaired) electrons. The van der Waals surface area contributed by atoms with E-state index in [2.05, 4.69) is 5.32 Å². The number of benzene rings is 2. The molecule has 1 fully saturated rings. The number of nitrogens with zero attached hydrogens (tertiary/aromatic N) is 1. The summed E-state index contributed by atoms with van der Waals surface area (Å²) in [6, 6.07) is 15.9. The minimum absolute atomic E-state index is 0.0999. The third-order valence-corrected chi connectivity index (χ3v) is 5.02. The van der Waals surface area contributed by atoms with E-state index < -0.39 is 11.6 Å². The number of methoxy groups -OCH3 is 1. The fourth-order valence-corrected chi connectivity index (χ4v) is 3.24. The molecule has 1 heterocycles. The molecule has 0 spiro atoms. The summed E-state index contributed by atoms with van der Waals surface area (Å²) in [5.41, 5.74) is 0.507. The Morgan fingerprint density at radius 3 is 2.55 bits per heavy atom. The Hall–Kier alpha value is -3.41. The van der Waals surface area contributed by atoms with E-state index in [-0.39, 0.29) is 16.7 Å². The number of nitrogens with one attached hydrogen (secondary N) is 1. The molecule has 5 nitrogen and oxygen atoms in total. The second-order valence-electron chi connectivity index (χ2n) is 7.10. The van der Waals surface area contributed by atoms with E-state index in [1.165, 1.54) is 42.0 Å². The molecule has 29 heavy (non-hydrogen) atoms. The molecular formula is C23H21FN2O3. The number of hydrogen-bond acceptors (Lipinski definition) is 4. The quantitative estimate of drug-likeness (QED) is 0.617. The van der Waals surface area contributed by atoms with Crippen LogP contribution in [0.25, 0.3) is 5.69 Å². The van der Waals surface area contributed by atoms with Crippen molar-refractivity contribution in [2.24, 2.45) is 5.92 Å². The number of ether oxygens (including phenoxy) is 1. The molecule has 1 aliphatic rings. The predicted octanol–water partition coefficient (Wildman–Crippen LogP) is 4.04. The Morgan fingerprint density at radius 1 is 1.10 bits per heavy atom. The average Bonchev–Trinajstić information content (AvgIpc) is 3.57. The van der Waals surface area contributed by atoms with Gasteiger partial charge >= 0.3 is 0 Å². The summed E-state index contributed by atoms with van der Waals surface area (Å²) >= 11 is 0. The third kappa shape index (κ3) is 3.92. The Labute approximate surface area is 167 Å². The van der Waals surface area contributed by atoms with E-state index >= 15 is 0 Å². The normalized spacial score (nSPS) is 13.2. The maximum Gasteiger partial charge on any atom is 0.256 e. The maximum atomic E-state index is 14.4. The van der Waals surface area contributed by atoms with Crippen LogP contribution in [-0.4, -0.2) is 24.0 Å². The van der Waals surface area contributed by atoms with Crippen molar-refractivity contribution in [2.75, 3.05) is 19.0 Å². The number of rotatable bonds is 7. The third-order valence-electron chi connectivity index (χ3n) is 5.02. The van der Waals surface area contributed by atoms with Crippen molar-refractivity contribution in [1.29, 1.82) is 0 Å². The van der Waals surface area contributed by atoms with Crippen LogP contribution in [0.5, 0.6) is 5.75 Å². The zero-order valence-corrected chi connectivity index (χ0v) is 16.0. The molecule has 2 aromatic carbocycles. The Kier molecular flexibility index (Phi) is 5.16. The Balaban J connectivity index is 1.86. The van der Waals surface area contributed by atoms with E-state index in [4.69, 9.17) is 4.74 Å². The largest absolute Gasteiger partial charge is 0.497 e. The number of hydrogen-bond donors (Lipinski definition) is 1. The Morgan fingerprint density at radius 2 is 1.86 bits per heavy atom. The van der Waals surface area contributed by atoms with Gasteiger partial charge in [0.05, 0.1) is 23.9 Å². The first-order valence-electron chi connectivity index (χ1n) is 9.52. The van der Waals surface area contributed by atoms with Crippen LogP contribution in [0.3, 0.4) is 0 Å². The first-order chi connectivity index (χ1) is 14.1. The van der Waals surface area contributed by atoms with Gasteiger partial charge in [-0.15, -0.1) is 0 Å². The summed E-state index contributed by atoms with van der Waals surface area (Å²) in [4.78, 5) is 26.0. The lowest BCUT2D eigenvalue weighted by molar-refractivity contribution is 0.103. The number of ketones is 1. The number of halogens is 1. The maximum absolute atomic E-state index is 14.4. The van der Waals surface area contributed by atoms with Gasteiger partial charge in [-0.2, -0.15) is 0 Å². The van der Waals surface area contributed by atoms with Crippen molar-refractivity contribution in [2.45, 2.75) is 12.8 Å². The fraction of sp³-hybridized carbons (Fsp3) is 0.217. The zero-order valence-electron chi connectivity index (χ0n) is 16.0. The predicted molar refractivity (Wildman–Crippen MR) is 110 cm³/mol. The summed E-state index contributed by atoms with van der Waals surface area (Å²) in [5, 5.41) is 3.27. The van der Waals surface area contributed by atoms with Crippen LogP contribution >= 0.6 is 0 Å². The van der Waals surface area contributed by atoms with Gasteiger partial charge in [0.2, 0.25) is 0 Å². The van der Waals surface area contributed by atoms with Crippen molar-refractivity contribution in [1.82, 2.24) is 4.57 Å². The van der Waals surface area contributed by atoms with E-state index in [0.717, 1.165) is 12.8 Å². The van der Waals surface area contributed by atoms with Crippen LogP contribution in [0.2, 0.25) is 0 Å². The van der Waals surface area contributed by atoms with Gasteiger partial charge < -0.3 is 10.1 Å². The van der Waals surface area contributed by atoms with Crippen molar-refractivity contribution in [3.05, 3.63) is 88.0 Å². The van der Waals surface area contributed by atoms with Crippen LogP contribution in [-0.2, 0) is 0 Å². The lowest BCUT2D eigenvalue weighted by Crippen LogP contribution is -2.25. The van der Waals surface area contributed by atoms with E-state index in [1.807, 2.05) is 18.2 Å². The summed E-state index contributed by atoms with van der Waals surface area (Å²) in [7, 11) is 1.46. The molecular weight excluding hydrogens is 371 g/mol. The molecule has 148 valence electrons. The highest BCUT2D eigenvalue weighted by molar-refractivity contribution is 6.12. The molecule has 0 aliphatic heterocycles. The summed E-state index contributed by atoms with van der Waals surface area (Å²) in [5.74, 6) is 0.137. The van der Waals surface area contributed by atoms with Gasteiger partial charge in [-0.1, -0.05) is 18.2 Å². The van der Waals surface area contributed by atoms with E-state index in [9.17, 15) is 14.0 Å². The number of aromatic nitrogens is 1. The molecule has 4 rings (SSSR count). The first-order valence-corrected chi connectivity index (χ1v) is 9.52. The van der Waals surface area contributed by atoms with E-state index in [0.29, 0.717) is 29.7 Å². The molecule has 1 aromatic heterocycles. The lowest BCUT2D eigenvalue weighted by atomic mass is 10.0. The number of carbonyl (C=O) groups is 1. The van der Waals surface area contributed by atoms with Crippen LogP contribution < -0.4 is 15.6 Å². The molecule has 0 unspecified atom stereocenters. The van der Waals surface area contributed by atoms with Gasteiger partial charge in [-0.25, -0.2) is 4.39 Å². The van der Waals surface area contributed by atoms with Gasteiger partial charge in [0.1, 0.15) is 17.4 Å². The van der Waals surface area contributed by atoms with Crippen molar-refractivity contribution in [3.8, 4) is 11.4 Å². The van der Waals surface area contributed by atoms with Crippen LogP contribution in [0.1, 0.15) is 28.8 Å². The highest BCUT2D eigenvalue weighted by Gasteiger charge is 2.25. The highest BCUT2D eigenvalue weighted by Crippen LogP contribution is 2.30. The topological polar surface area (TPSA) is 60.3 Å². The van der Waals surface area contributed by atoms with Gasteiger partial charge in [-0.05, 0) is 55.2 Å². The van der Waals surface area contributed by atoms with Crippen LogP contribution in [0.15, 0.2) is 65.5 Å². The number of para-hydroxylation sites is 1. The molecule has 0 atom stereocenters. The standard InChI is InChI=1S/C23H21FN2O3/c1-29-17-9-11-20(24)19(13-17)22(28)18-10-12-21(27)26(16-5-3-2-4-6-16)23(18)25-14-15-7-8-15/h2-6,9-13,15,25H,7-8,14H2,1H3. The number of anilines is 1. The first kappa shape index (κ1) is 18.9. The smallest absolute Gasteiger partial charge is 0.256 e. The SMILES string of the molecule is COc1ccc(F)c(C(=O)c2ccc(=O)n(-c3ccccc3)c2NCC2CC2)c1. The molecule has 6 heteroatoms. The molecule has 0 bridgehead atoms. The summed E-state index contributed by atoms with van der Waals surface area (Å²) < 4.78 is 21.0. The van der Waals surface area contributed by atoms with Gasteiger partial charge in [-0.3, -0.25) is 14.2 Å². The van der Waals surface area contributed by atoms with Crippen LogP contribution in [0.4, 0.5) is 10.2 Å². The lowest BCUT2D eigenvalue weighted by Gasteiger charge is -2.18. The fourth-order valence-electron chi connectivity index (χ4n) is 3.24. The second-order valence-corrected chi connectivity index (χ2v) is 7.10. The summed E-state index contributed by atoms with van der Waals surface area (Å²) in [6.45, 7) is 0.650. The van der Waals surface area contributed by atoms with Gasteiger partial charge in [0, 0.05) is 12.6 Å². The molecule has 3 aromatic rings. The minimum atomic E-state index is -0.638. The molecule has 1 saturated carbocycles. The Bertz CT molecular complexity index is 1100.